The third-order valence-electron chi connectivity index (χ3n) is 3.70. The summed E-state index contributed by atoms with van der Waals surface area (Å²) in [6.07, 6.45) is 0.797. The molecule has 0 heterocycles. The minimum absolute atomic E-state index is 0.0517. The lowest BCUT2D eigenvalue weighted by Gasteiger charge is -2.17. The average molecular weight is 220 g/mol. The van der Waals surface area contributed by atoms with Crippen LogP contribution in [-0.2, 0) is 5.54 Å². The quantitative estimate of drug-likeness (QED) is 0.615. The Morgan fingerprint density at radius 2 is 2.00 bits per heavy atom. The first-order valence-electron chi connectivity index (χ1n) is 5.33. The van der Waals surface area contributed by atoms with Gasteiger partial charge >= 0.3 is 0 Å². The van der Waals surface area contributed by atoms with Crippen LogP contribution in [0.25, 0.3) is 0 Å². The van der Waals surface area contributed by atoms with E-state index in [9.17, 15) is 10.1 Å². The molecule has 1 saturated carbocycles. The van der Waals surface area contributed by atoms with E-state index < -0.39 is 5.54 Å². The minimum atomic E-state index is -0.541. The van der Waals surface area contributed by atoms with E-state index in [2.05, 4.69) is 0 Å². The van der Waals surface area contributed by atoms with Gasteiger partial charge in [-0.3, -0.25) is 10.1 Å². The van der Waals surface area contributed by atoms with Gasteiger partial charge in [-0.05, 0) is 24.3 Å². The molecule has 0 aromatic heterocycles. The maximum atomic E-state index is 11.0. The highest BCUT2D eigenvalue weighted by Crippen LogP contribution is 2.62. The highest BCUT2D eigenvalue weighted by molar-refractivity contribution is 5.53. The van der Waals surface area contributed by atoms with Crippen LogP contribution in [0.15, 0.2) is 18.2 Å². The average Bonchev–Trinajstić information content (AvgIpc) is 2.65. The number of aryl methyl sites for hydroxylation is 1. The third kappa shape index (κ3) is 1.33. The van der Waals surface area contributed by atoms with Gasteiger partial charge in [0.05, 0.1) is 16.0 Å². The number of nitro groups is 1. The highest BCUT2D eigenvalue weighted by atomic mass is 16.6. The zero-order chi connectivity index (χ0) is 12.1. The molecule has 1 fully saturated rings. The van der Waals surface area contributed by atoms with Crippen molar-refractivity contribution in [3.8, 4) is 0 Å². The number of nitrogens with zero attached hydrogens (tertiary/aromatic N) is 1. The van der Waals surface area contributed by atoms with Crippen molar-refractivity contribution in [3.63, 3.8) is 0 Å². The predicted octanol–water partition coefficient (Wildman–Crippen LogP) is 2.49. The zero-order valence-electron chi connectivity index (χ0n) is 9.78. The molecule has 1 atom stereocenters. The first-order valence-corrected chi connectivity index (χ1v) is 5.33. The Bertz CT molecular complexity index is 468. The topological polar surface area (TPSA) is 69.2 Å². The van der Waals surface area contributed by atoms with Crippen molar-refractivity contribution in [1.82, 2.24) is 0 Å². The second kappa shape index (κ2) is 3.04. The summed E-state index contributed by atoms with van der Waals surface area (Å²) in [4.78, 5) is 10.7. The Morgan fingerprint density at radius 3 is 2.44 bits per heavy atom. The summed E-state index contributed by atoms with van der Waals surface area (Å²) in [7, 11) is 0. The number of nitro benzene ring substituents is 1. The van der Waals surface area contributed by atoms with Crippen molar-refractivity contribution < 1.29 is 4.92 Å². The van der Waals surface area contributed by atoms with E-state index in [0.29, 0.717) is 5.56 Å². The van der Waals surface area contributed by atoms with Crippen molar-refractivity contribution in [2.24, 2.45) is 11.1 Å². The molecule has 86 valence electrons. The minimum Gasteiger partial charge on any atom is -0.321 e. The summed E-state index contributed by atoms with van der Waals surface area (Å²) in [6.45, 7) is 5.97. The van der Waals surface area contributed by atoms with Gasteiger partial charge in [0.2, 0.25) is 0 Å². The summed E-state index contributed by atoms with van der Waals surface area (Å²) in [5.41, 5.74) is 7.44. The molecular weight excluding hydrogens is 204 g/mol. The Hall–Kier alpha value is -1.42. The predicted molar refractivity (Wildman–Crippen MR) is 62.1 cm³/mol. The van der Waals surface area contributed by atoms with Gasteiger partial charge < -0.3 is 5.73 Å². The zero-order valence-corrected chi connectivity index (χ0v) is 9.78. The molecule has 0 saturated heterocycles. The molecule has 1 aromatic carbocycles. The van der Waals surface area contributed by atoms with E-state index in [4.69, 9.17) is 5.73 Å². The standard InChI is InChI=1S/C12H16N2O2/c1-8-5-4-6-9(14(15)16)10(8)12(13)7-11(12,2)3/h4-6H,7,13H2,1-3H3. The summed E-state index contributed by atoms with van der Waals surface area (Å²) in [5, 5.41) is 11.0. The molecule has 2 rings (SSSR count). The molecule has 0 bridgehead atoms. The van der Waals surface area contributed by atoms with Crippen LogP contribution in [0.3, 0.4) is 0 Å². The molecule has 2 N–H and O–H groups in total. The van der Waals surface area contributed by atoms with Crippen LogP contribution in [0.2, 0.25) is 0 Å². The Kier molecular flexibility index (Phi) is 2.11. The van der Waals surface area contributed by atoms with Gasteiger partial charge in [0.25, 0.3) is 5.69 Å². The monoisotopic (exact) mass is 220 g/mol. The second-order valence-corrected chi connectivity index (χ2v) is 5.26. The molecule has 0 radical (unpaired) electrons. The number of hydrogen-bond acceptors (Lipinski definition) is 3. The van der Waals surface area contributed by atoms with E-state index in [1.807, 2.05) is 26.8 Å². The van der Waals surface area contributed by atoms with Crippen LogP contribution in [0.5, 0.6) is 0 Å². The van der Waals surface area contributed by atoms with Gasteiger partial charge in [-0.1, -0.05) is 26.0 Å². The van der Waals surface area contributed by atoms with Crippen LogP contribution in [0.1, 0.15) is 31.4 Å². The van der Waals surface area contributed by atoms with Crippen molar-refractivity contribution in [1.29, 1.82) is 0 Å². The summed E-state index contributed by atoms with van der Waals surface area (Å²) in [6, 6.07) is 5.12. The van der Waals surface area contributed by atoms with E-state index in [1.165, 1.54) is 6.07 Å². The number of nitrogens with two attached hydrogens (primary N) is 1. The maximum absolute atomic E-state index is 11.0. The van der Waals surface area contributed by atoms with Crippen molar-refractivity contribution >= 4 is 5.69 Å². The van der Waals surface area contributed by atoms with Gasteiger partial charge in [0, 0.05) is 6.07 Å². The van der Waals surface area contributed by atoms with Crippen LogP contribution >= 0.6 is 0 Å². The number of rotatable bonds is 2. The molecule has 4 heteroatoms. The summed E-state index contributed by atoms with van der Waals surface area (Å²) < 4.78 is 0. The molecule has 0 amide bonds. The lowest BCUT2D eigenvalue weighted by atomic mass is 9.92. The molecule has 1 aliphatic carbocycles. The first kappa shape index (κ1) is 11.1. The van der Waals surface area contributed by atoms with Crippen LogP contribution in [-0.4, -0.2) is 4.92 Å². The van der Waals surface area contributed by atoms with Crippen molar-refractivity contribution in [2.75, 3.05) is 0 Å². The molecule has 0 spiro atoms. The Labute approximate surface area is 94.6 Å². The van der Waals surface area contributed by atoms with E-state index >= 15 is 0 Å². The molecule has 1 aliphatic rings. The Morgan fingerprint density at radius 1 is 1.44 bits per heavy atom. The molecule has 1 unspecified atom stereocenters. The molecule has 4 nitrogen and oxygen atoms in total. The maximum Gasteiger partial charge on any atom is 0.274 e. The van der Waals surface area contributed by atoms with Crippen molar-refractivity contribution in [3.05, 3.63) is 39.4 Å². The normalized spacial score (nSPS) is 26.5. The largest absolute Gasteiger partial charge is 0.321 e. The number of hydrogen-bond donors (Lipinski definition) is 1. The van der Waals surface area contributed by atoms with Gasteiger partial charge in [0.1, 0.15) is 0 Å². The van der Waals surface area contributed by atoms with Gasteiger partial charge in [-0.15, -0.1) is 0 Å². The van der Waals surface area contributed by atoms with Crippen LogP contribution in [0.4, 0.5) is 5.69 Å². The Balaban J connectivity index is 2.61. The summed E-state index contributed by atoms with van der Waals surface area (Å²) >= 11 is 0. The summed E-state index contributed by atoms with van der Waals surface area (Å²) in [5.74, 6) is 0. The van der Waals surface area contributed by atoms with Gasteiger partial charge in [-0.25, -0.2) is 0 Å². The van der Waals surface area contributed by atoms with Gasteiger partial charge in [0.15, 0.2) is 0 Å². The fraction of sp³-hybridized carbons (Fsp3) is 0.500. The third-order valence-corrected chi connectivity index (χ3v) is 3.70. The second-order valence-electron chi connectivity index (χ2n) is 5.26. The van der Waals surface area contributed by atoms with E-state index in [-0.39, 0.29) is 16.0 Å². The van der Waals surface area contributed by atoms with Gasteiger partial charge in [-0.2, -0.15) is 0 Å². The molecular formula is C12H16N2O2. The smallest absolute Gasteiger partial charge is 0.274 e. The fourth-order valence-electron chi connectivity index (χ4n) is 2.46. The lowest BCUT2D eigenvalue weighted by Crippen LogP contribution is -2.27. The highest BCUT2D eigenvalue weighted by Gasteiger charge is 2.62. The number of benzene rings is 1. The molecule has 16 heavy (non-hydrogen) atoms. The lowest BCUT2D eigenvalue weighted by molar-refractivity contribution is -0.386. The van der Waals surface area contributed by atoms with E-state index in [1.54, 1.807) is 6.07 Å². The molecule has 0 aliphatic heterocycles. The first-order chi connectivity index (χ1) is 7.29. The van der Waals surface area contributed by atoms with E-state index in [0.717, 1.165) is 12.0 Å². The fourth-order valence-corrected chi connectivity index (χ4v) is 2.46. The van der Waals surface area contributed by atoms with Crippen LogP contribution in [0, 0.1) is 22.5 Å². The SMILES string of the molecule is Cc1cccc([N+](=O)[O-])c1C1(N)CC1(C)C. The van der Waals surface area contributed by atoms with Crippen molar-refractivity contribution in [2.45, 2.75) is 32.7 Å². The molecule has 1 aromatic rings. The van der Waals surface area contributed by atoms with Crippen LogP contribution < -0.4 is 5.73 Å².